The van der Waals surface area contributed by atoms with Gasteiger partial charge >= 0.3 is 5.97 Å². The zero-order valence-corrected chi connectivity index (χ0v) is 12.0. The van der Waals surface area contributed by atoms with Crippen molar-refractivity contribution in [1.82, 2.24) is 0 Å². The van der Waals surface area contributed by atoms with Crippen LogP contribution in [0.5, 0.6) is 0 Å². The number of hydrogen-bond donors (Lipinski definition) is 1. The molecule has 0 bridgehead atoms. The summed E-state index contributed by atoms with van der Waals surface area (Å²) < 4.78 is 10.3. The van der Waals surface area contributed by atoms with Gasteiger partial charge in [-0.2, -0.15) is 5.26 Å². The Bertz CT molecular complexity index is 762. The van der Waals surface area contributed by atoms with Crippen LogP contribution >= 0.6 is 23.2 Å². The zero-order chi connectivity index (χ0) is 15.1. The Balaban J connectivity index is 2.22. The molecule has 0 aliphatic carbocycles. The number of nitriles is 1. The average Bonchev–Trinajstić information content (AvgIpc) is 2.79. The van der Waals surface area contributed by atoms with Crippen molar-refractivity contribution >= 4 is 29.2 Å². The van der Waals surface area contributed by atoms with Crippen molar-refractivity contribution in [1.29, 1.82) is 5.26 Å². The maximum Gasteiger partial charge on any atom is 0.339 e. The standard InChI is InChI=1S/C14H8Cl2N2O3/c15-6-1-2-7(9(16)3-6)11-8(4-17)13(18)21-10-5-20-14(19)12(10)11/h1-3,11H,5,18H2/t11-/m1/s1. The van der Waals surface area contributed by atoms with Gasteiger partial charge in [-0.05, 0) is 17.7 Å². The van der Waals surface area contributed by atoms with E-state index in [0.717, 1.165) is 0 Å². The van der Waals surface area contributed by atoms with Crippen LogP contribution in [0.4, 0.5) is 0 Å². The van der Waals surface area contributed by atoms with Crippen molar-refractivity contribution in [2.45, 2.75) is 5.92 Å². The molecule has 3 rings (SSSR count). The van der Waals surface area contributed by atoms with Crippen LogP contribution in [0.25, 0.3) is 0 Å². The summed E-state index contributed by atoms with van der Waals surface area (Å²) in [4.78, 5) is 11.9. The minimum absolute atomic E-state index is 0.00468. The molecule has 0 unspecified atom stereocenters. The molecule has 0 fully saturated rings. The van der Waals surface area contributed by atoms with Gasteiger partial charge in [0.05, 0.1) is 11.5 Å². The molecule has 1 aromatic rings. The number of cyclic esters (lactones) is 1. The molecule has 2 N–H and O–H groups in total. The zero-order valence-electron chi connectivity index (χ0n) is 10.5. The first-order chi connectivity index (χ1) is 10.0. The molecule has 1 atom stereocenters. The summed E-state index contributed by atoms with van der Waals surface area (Å²) in [6, 6.07) is 6.80. The Morgan fingerprint density at radius 3 is 2.81 bits per heavy atom. The van der Waals surface area contributed by atoms with E-state index in [2.05, 4.69) is 0 Å². The van der Waals surface area contributed by atoms with Crippen LogP contribution < -0.4 is 5.73 Å². The molecule has 1 aromatic carbocycles. The first kappa shape index (κ1) is 13.8. The fourth-order valence-corrected chi connectivity index (χ4v) is 2.92. The molecule has 2 heterocycles. The van der Waals surface area contributed by atoms with Crippen LogP contribution in [-0.4, -0.2) is 12.6 Å². The van der Waals surface area contributed by atoms with Gasteiger partial charge in [0, 0.05) is 10.0 Å². The third kappa shape index (κ3) is 2.13. The van der Waals surface area contributed by atoms with Gasteiger partial charge in [-0.3, -0.25) is 0 Å². The predicted molar refractivity (Wildman–Crippen MR) is 75.1 cm³/mol. The smallest absolute Gasteiger partial charge is 0.339 e. The summed E-state index contributed by atoms with van der Waals surface area (Å²) in [6.07, 6.45) is 0. The second-order valence-electron chi connectivity index (χ2n) is 4.50. The minimum Gasteiger partial charge on any atom is -0.454 e. The summed E-state index contributed by atoms with van der Waals surface area (Å²) in [5.74, 6) is -0.988. The molecule has 2 aliphatic rings. The van der Waals surface area contributed by atoms with Crippen molar-refractivity contribution in [3.05, 3.63) is 56.6 Å². The number of nitrogens with zero attached hydrogens (tertiary/aromatic N) is 1. The van der Waals surface area contributed by atoms with E-state index >= 15 is 0 Å². The van der Waals surface area contributed by atoms with Crippen LogP contribution in [0, 0.1) is 11.3 Å². The number of benzene rings is 1. The van der Waals surface area contributed by atoms with Crippen molar-refractivity contribution in [2.24, 2.45) is 5.73 Å². The molecule has 0 amide bonds. The van der Waals surface area contributed by atoms with E-state index in [0.29, 0.717) is 21.4 Å². The number of esters is 1. The molecule has 0 spiro atoms. The summed E-state index contributed by atoms with van der Waals surface area (Å²) in [7, 11) is 0. The number of carbonyl (C=O) groups excluding carboxylic acids is 1. The Morgan fingerprint density at radius 2 is 2.14 bits per heavy atom. The van der Waals surface area contributed by atoms with Gasteiger partial charge in [-0.1, -0.05) is 29.3 Å². The summed E-state index contributed by atoms with van der Waals surface area (Å²) in [5.41, 5.74) is 6.69. The van der Waals surface area contributed by atoms with Gasteiger partial charge in [0.1, 0.15) is 18.2 Å². The van der Waals surface area contributed by atoms with Crippen LogP contribution in [0.3, 0.4) is 0 Å². The van der Waals surface area contributed by atoms with E-state index in [1.54, 1.807) is 18.2 Å². The summed E-state index contributed by atoms with van der Waals surface area (Å²) in [6.45, 7) is -0.00468. The highest BCUT2D eigenvalue weighted by atomic mass is 35.5. The van der Waals surface area contributed by atoms with Crippen LogP contribution in [0.2, 0.25) is 10.0 Å². The molecule has 5 nitrogen and oxygen atoms in total. The second-order valence-corrected chi connectivity index (χ2v) is 5.35. The summed E-state index contributed by atoms with van der Waals surface area (Å²) in [5, 5.41) is 10.1. The molecule has 21 heavy (non-hydrogen) atoms. The van der Waals surface area contributed by atoms with Crippen LogP contribution in [0.1, 0.15) is 11.5 Å². The largest absolute Gasteiger partial charge is 0.454 e. The quantitative estimate of drug-likeness (QED) is 0.803. The molecule has 0 radical (unpaired) electrons. The van der Waals surface area contributed by atoms with Gasteiger partial charge in [-0.15, -0.1) is 0 Å². The number of carbonyl (C=O) groups is 1. The van der Waals surface area contributed by atoms with Gasteiger partial charge in [0.25, 0.3) is 0 Å². The minimum atomic E-state index is -0.710. The Hall–Kier alpha value is -2.16. The van der Waals surface area contributed by atoms with Crippen molar-refractivity contribution < 1.29 is 14.3 Å². The number of nitrogens with two attached hydrogens (primary N) is 1. The monoisotopic (exact) mass is 322 g/mol. The molecular formula is C14H8Cl2N2O3. The summed E-state index contributed by atoms with van der Waals surface area (Å²) >= 11 is 12.1. The topological polar surface area (TPSA) is 85.3 Å². The normalized spacial score (nSPS) is 20.8. The third-order valence-electron chi connectivity index (χ3n) is 3.32. The Labute approximate surface area is 130 Å². The fourth-order valence-electron chi connectivity index (χ4n) is 2.40. The Kier molecular flexibility index (Phi) is 3.28. The van der Waals surface area contributed by atoms with Crippen molar-refractivity contribution in [3.63, 3.8) is 0 Å². The molecule has 0 aromatic heterocycles. The van der Waals surface area contributed by atoms with Gasteiger partial charge in [0.2, 0.25) is 5.88 Å². The number of hydrogen-bond acceptors (Lipinski definition) is 5. The number of halogens is 2. The molecule has 7 heteroatoms. The van der Waals surface area contributed by atoms with Crippen LogP contribution in [-0.2, 0) is 14.3 Å². The first-order valence-electron chi connectivity index (χ1n) is 5.95. The van der Waals surface area contributed by atoms with E-state index in [9.17, 15) is 10.1 Å². The lowest BCUT2D eigenvalue weighted by Crippen LogP contribution is -2.22. The van der Waals surface area contributed by atoms with E-state index in [-0.39, 0.29) is 23.6 Å². The number of rotatable bonds is 1. The van der Waals surface area contributed by atoms with Gasteiger partial charge in [-0.25, -0.2) is 4.79 Å². The van der Waals surface area contributed by atoms with Gasteiger partial charge < -0.3 is 15.2 Å². The molecule has 0 saturated carbocycles. The maximum absolute atomic E-state index is 11.9. The highest BCUT2D eigenvalue weighted by Crippen LogP contribution is 2.44. The molecule has 2 aliphatic heterocycles. The molecule has 106 valence electrons. The highest BCUT2D eigenvalue weighted by Gasteiger charge is 2.42. The fraction of sp³-hybridized carbons (Fsp3) is 0.143. The maximum atomic E-state index is 11.9. The number of ether oxygens (including phenoxy) is 2. The molecular weight excluding hydrogens is 315 g/mol. The van der Waals surface area contributed by atoms with Crippen LogP contribution in [0.15, 0.2) is 41.0 Å². The Morgan fingerprint density at radius 1 is 1.38 bits per heavy atom. The lowest BCUT2D eigenvalue weighted by Gasteiger charge is -2.24. The van der Waals surface area contributed by atoms with Crippen molar-refractivity contribution in [2.75, 3.05) is 6.61 Å². The predicted octanol–water partition coefficient (Wildman–Crippen LogP) is 2.61. The first-order valence-corrected chi connectivity index (χ1v) is 6.71. The van der Waals surface area contributed by atoms with E-state index in [1.165, 1.54) is 0 Å². The number of allylic oxidation sites excluding steroid dienone is 1. The van der Waals surface area contributed by atoms with Crippen molar-refractivity contribution in [3.8, 4) is 6.07 Å². The molecule has 0 saturated heterocycles. The van der Waals surface area contributed by atoms with E-state index in [4.69, 9.17) is 38.4 Å². The van der Waals surface area contributed by atoms with E-state index in [1.807, 2.05) is 6.07 Å². The lowest BCUT2D eigenvalue weighted by molar-refractivity contribution is -0.136. The third-order valence-corrected chi connectivity index (χ3v) is 3.89. The lowest BCUT2D eigenvalue weighted by atomic mass is 9.83. The van der Waals surface area contributed by atoms with Gasteiger partial charge in [0.15, 0.2) is 5.76 Å². The SMILES string of the molecule is N#CC1=C(N)OC2=C(C(=O)OC2)[C@@H]1c1ccc(Cl)cc1Cl. The average molecular weight is 323 g/mol. The second kappa shape index (κ2) is 4.99. The van der Waals surface area contributed by atoms with E-state index < -0.39 is 11.9 Å². The highest BCUT2D eigenvalue weighted by molar-refractivity contribution is 6.35.